The Morgan fingerprint density at radius 2 is 1.67 bits per heavy atom. The van der Waals surface area contributed by atoms with Crippen LogP contribution in [0.3, 0.4) is 0 Å². The van der Waals surface area contributed by atoms with Gasteiger partial charge in [-0.25, -0.2) is 0 Å². The number of anilines is 1. The molecule has 0 spiro atoms. The number of hydrogen-bond donors (Lipinski definition) is 2. The maximum atomic E-state index is 5.60. The van der Waals surface area contributed by atoms with E-state index in [1.165, 1.54) is 11.1 Å². The van der Waals surface area contributed by atoms with Crippen LogP contribution in [0.1, 0.15) is 36.9 Å². The van der Waals surface area contributed by atoms with Crippen molar-refractivity contribution in [3.63, 3.8) is 0 Å². The summed E-state index contributed by atoms with van der Waals surface area (Å²) in [5, 5.41) is 7.47. The molecule has 1 heterocycles. The molecule has 5 heteroatoms. The summed E-state index contributed by atoms with van der Waals surface area (Å²) in [4.78, 5) is 2.42. The second kappa shape index (κ2) is 9.83. The zero-order valence-electron chi connectivity index (χ0n) is 16.2. The van der Waals surface area contributed by atoms with E-state index in [9.17, 15) is 0 Å². The molecule has 0 radical (unpaired) electrons. The van der Waals surface area contributed by atoms with Gasteiger partial charge in [-0.3, -0.25) is 4.90 Å². The second-order valence-corrected chi connectivity index (χ2v) is 7.66. The maximum absolute atomic E-state index is 5.60. The Morgan fingerprint density at radius 1 is 1.00 bits per heavy atom. The quantitative estimate of drug-likeness (QED) is 0.732. The number of benzene rings is 2. The molecular formula is C22H29N3OS. The lowest BCUT2D eigenvalue weighted by molar-refractivity contribution is 0.0344. The Hall–Kier alpha value is -1.95. The number of hydrogen-bond acceptors (Lipinski definition) is 3. The fourth-order valence-corrected chi connectivity index (χ4v) is 3.50. The monoisotopic (exact) mass is 383 g/mol. The summed E-state index contributed by atoms with van der Waals surface area (Å²) >= 11 is 5.60. The van der Waals surface area contributed by atoms with Gasteiger partial charge in [0.25, 0.3) is 0 Å². The van der Waals surface area contributed by atoms with Crippen LogP contribution in [0, 0.1) is 0 Å². The van der Waals surface area contributed by atoms with Crippen molar-refractivity contribution in [2.45, 2.75) is 25.8 Å². The van der Waals surface area contributed by atoms with Crippen molar-refractivity contribution in [2.24, 2.45) is 0 Å². The topological polar surface area (TPSA) is 36.5 Å². The smallest absolute Gasteiger partial charge is 0.171 e. The normalized spacial score (nSPS) is 16.1. The molecule has 144 valence electrons. The summed E-state index contributed by atoms with van der Waals surface area (Å²) in [6.07, 6.45) is 0. The van der Waals surface area contributed by atoms with Gasteiger partial charge in [0.2, 0.25) is 0 Å². The zero-order valence-corrected chi connectivity index (χ0v) is 17.0. The zero-order chi connectivity index (χ0) is 19.1. The molecule has 1 aliphatic heterocycles. The third-order valence-corrected chi connectivity index (χ3v) is 5.11. The van der Waals surface area contributed by atoms with Crippen LogP contribution in [0.15, 0.2) is 54.6 Å². The van der Waals surface area contributed by atoms with Gasteiger partial charge in [-0.15, -0.1) is 0 Å². The summed E-state index contributed by atoms with van der Waals surface area (Å²) in [5.41, 5.74) is 3.58. The van der Waals surface area contributed by atoms with Crippen molar-refractivity contribution >= 4 is 23.0 Å². The van der Waals surface area contributed by atoms with Crippen LogP contribution in [-0.2, 0) is 4.74 Å². The molecule has 27 heavy (non-hydrogen) atoms. The number of nitrogens with zero attached hydrogens (tertiary/aromatic N) is 1. The van der Waals surface area contributed by atoms with Gasteiger partial charge in [0.15, 0.2) is 5.11 Å². The Kier molecular flexibility index (Phi) is 7.21. The van der Waals surface area contributed by atoms with Crippen molar-refractivity contribution in [1.29, 1.82) is 0 Å². The average molecular weight is 384 g/mol. The molecule has 0 aromatic heterocycles. The predicted molar refractivity (Wildman–Crippen MR) is 116 cm³/mol. The van der Waals surface area contributed by atoms with Crippen LogP contribution in [0.2, 0.25) is 0 Å². The van der Waals surface area contributed by atoms with Gasteiger partial charge >= 0.3 is 0 Å². The largest absolute Gasteiger partial charge is 0.379 e. The van der Waals surface area contributed by atoms with Gasteiger partial charge < -0.3 is 15.4 Å². The van der Waals surface area contributed by atoms with E-state index in [0.29, 0.717) is 11.0 Å². The molecule has 1 fully saturated rings. The molecular weight excluding hydrogens is 354 g/mol. The fourth-order valence-electron chi connectivity index (χ4n) is 3.24. The number of rotatable bonds is 6. The third-order valence-electron chi connectivity index (χ3n) is 4.89. The van der Waals surface area contributed by atoms with Crippen molar-refractivity contribution < 1.29 is 4.74 Å². The number of morpholine rings is 1. The molecule has 0 aliphatic carbocycles. The second-order valence-electron chi connectivity index (χ2n) is 7.25. The molecule has 0 amide bonds. The Bertz CT molecular complexity index is 712. The molecule has 1 saturated heterocycles. The van der Waals surface area contributed by atoms with Crippen LogP contribution < -0.4 is 10.6 Å². The average Bonchev–Trinajstić information content (AvgIpc) is 2.69. The standard InChI is InChI=1S/C22H29N3OS/c1-17(2)18-8-10-20(11-9-18)23-22(27)24-21(19-6-4-3-5-7-19)16-25-12-14-26-15-13-25/h3-11,17,21H,12-16H2,1-2H3,(H2,23,24,27)/t21-/m1/s1. The lowest BCUT2D eigenvalue weighted by atomic mass is 10.0. The van der Waals surface area contributed by atoms with Crippen LogP contribution in [0.5, 0.6) is 0 Å². The molecule has 2 aromatic rings. The number of nitrogens with one attached hydrogen (secondary N) is 2. The van der Waals surface area contributed by atoms with E-state index in [2.05, 4.69) is 77.9 Å². The van der Waals surface area contributed by atoms with Gasteiger partial charge in [-0.1, -0.05) is 56.3 Å². The van der Waals surface area contributed by atoms with E-state index in [4.69, 9.17) is 17.0 Å². The first-order valence-electron chi connectivity index (χ1n) is 9.64. The summed E-state index contributed by atoms with van der Waals surface area (Å²) in [6.45, 7) is 8.82. The van der Waals surface area contributed by atoms with Crippen molar-refractivity contribution in [2.75, 3.05) is 38.2 Å². The summed E-state index contributed by atoms with van der Waals surface area (Å²) < 4.78 is 5.47. The Morgan fingerprint density at radius 3 is 2.30 bits per heavy atom. The first-order chi connectivity index (χ1) is 13.1. The van der Waals surface area contributed by atoms with Crippen molar-refractivity contribution in [3.05, 3.63) is 65.7 Å². The minimum atomic E-state index is 0.138. The van der Waals surface area contributed by atoms with Gasteiger partial charge in [0, 0.05) is 25.3 Å². The summed E-state index contributed by atoms with van der Waals surface area (Å²) in [6, 6.07) is 19.1. The predicted octanol–water partition coefficient (Wildman–Crippen LogP) is 4.17. The van der Waals surface area contributed by atoms with Crippen LogP contribution in [-0.4, -0.2) is 42.9 Å². The number of thiocarbonyl (C=S) groups is 1. The third kappa shape index (κ3) is 6.03. The maximum Gasteiger partial charge on any atom is 0.171 e. The van der Waals surface area contributed by atoms with Crippen LogP contribution in [0.4, 0.5) is 5.69 Å². The molecule has 1 aliphatic rings. The van der Waals surface area contributed by atoms with E-state index in [0.717, 1.165) is 38.5 Å². The molecule has 0 bridgehead atoms. The van der Waals surface area contributed by atoms with Crippen LogP contribution in [0.25, 0.3) is 0 Å². The minimum Gasteiger partial charge on any atom is -0.379 e. The highest BCUT2D eigenvalue weighted by Gasteiger charge is 2.19. The summed E-state index contributed by atoms with van der Waals surface area (Å²) in [7, 11) is 0. The lowest BCUT2D eigenvalue weighted by Gasteiger charge is -2.31. The highest BCUT2D eigenvalue weighted by molar-refractivity contribution is 7.80. The van der Waals surface area contributed by atoms with E-state index in [1.807, 2.05) is 6.07 Å². The van der Waals surface area contributed by atoms with E-state index in [-0.39, 0.29) is 6.04 Å². The first-order valence-corrected chi connectivity index (χ1v) is 10.0. The first kappa shape index (κ1) is 19.8. The van der Waals surface area contributed by atoms with Crippen molar-refractivity contribution in [3.8, 4) is 0 Å². The molecule has 0 unspecified atom stereocenters. The van der Waals surface area contributed by atoms with E-state index in [1.54, 1.807) is 0 Å². The van der Waals surface area contributed by atoms with Gasteiger partial charge in [0.05, 0.1) is 19.3 Å². The minimum absolute atomic E-state index is 0.138. The molecule has 4 nitrogen and oxygen atoms in total. The Balaban J connectivity index is 1.64. The van der Waals surface area contributed by atoms with Gasteiger partial charge in [0.1, 0.15) is 0 Å². The number of ether oxygens (including phenoxy) is 1. The van der Waals surface area contributed by atoms with E-state index >= 15 is 0 Å². The van der Waals surface area contributed by atoms with E-state index < -0.39 is 0 Å². The molecule has 2 aromatic carbocycles. The Labute approximate surface area is 167 Å². The summed E-state index contributed by atoms with van der Waals surface area (Å²) in [5.74, 6) is 0.528. The molecule has 3 rings (SSSR count). The fraction of sp³-hybridized carbons (Fsp3) is 0.409. The van der Waals surface area contributed by atoms with Crippen molar-refractivity contribution in [1.82, 2.24) is 10.2 Å². The SMILES string of the molecule is CC(C)c1ccc(NC(=S)N[C@H](CN2CCOCC2)c2ccccc2)cc1. The molecule has 1 atom stereocenters. The van der Waals surface area contributed by atoms with Gasteiger partial charge in [-0.05, 0) is 41.4 Å². The molecule has 0 saturated carbocycles. The molecule has 2 N–H and O–H groups in total. The van der Waals surface area contributed by atoms with Crippen LogP contribution >= 0.6 is 12.2 Å². The highest BCUT2D eigenvalue weighted by Crippen LogP contribution is 2.18. The van der Waals surface area contributed by atoms with Gasteiger partial charge in [-0.2, -0.15) is 0 Å². The highest BCUT2D eigenvalue weighted by atomic mass is 32.1. The lowest BCUT2D eigenvalue weighted by Crippen LogP contribution is -2.44.